The SMILES string of the molecule is Brc1ccc(OC2CCCCO2)cc1.C(#Cc1ccccc1)OC1CCCCO1. The largest absolute Gasteiger partial charge is 0.465 e. The molecule has 2 atom stereocenters. The average Bonchev–Trinajstić information content (AvgIpc) is 2.78. The van der Waals surface area contributed by atoms with Gasteiger partial charge in [-0.3, -0.25) is 0 Å². The highest BCUT2D eigenvalue weighted by Crippen LogP contribution is 2.21. The highest BCUT2D eigenvalue weighted by atomic mass is 79.9. The molecule has 2 fully saturated rings. The summed E-state index contributed by atoms with van der Waals surface area (Å²) in [6, 6.07) is 17.6. The minimum atomic E-state index is -0.130. The first kappa shape index (κ1) is 21.7. The first-order valence-electron chi connectivity index (χ1n) is 10.2. The smallest absolute Gasteiger partial charge is 0.210 e. The van der Waals surface area contributed by atoms with Crippen LogP contribution in [0.15, 0.2) is 59.1 Å². The Kier molecular flexibility index (Phi) is 9.38. The van der Waals surface area contributed by atoms with Gasteiger partial charge in [0.15, 0.2) is 6.29 Å². The lowest BCUT2D eigenvalue weighted by Crippen LogP contribution is -2.24. The minimum absolute atomic E-state index is 0.0510. The summed E-state index contributed by atoms with van der Waals surface area (Å²) in [4.78, 5) is 0. The van der Waals surface area contributed by atoms with Gasteiger partial charge in [0.1, 0.15) is 11.9 Å². The molecule has 2 heterocycles. The van der Waals surface area contributed by atoms with E-state index in [1.54, 1.807) is 0 Å². The summed E-state index contributed by atoms with van der Waals surface area (Å²) in [7, 11) is 0. The van der Waals surface area contributed by atoms with Gasteiger partial charge in [0.25, 0.3) is 0 Å². The van der Waals surface area contributed by atoms with Crippen LogP contribution in [0, 0.1) is 12.0 Å². The molecule has 2 aliphatic rings. The van der Waals surface area contributed by atoms with Crippen LogP contribution in [0.3, 0.4) is 0 Å². The van der Waals surface area contributed by atoms with Gasteiger partial charge in [-0.15, -0.1) is 0 Å². The van der Waals surface area contributed by atoms with E-state index in [0.29, 0.717) is 0 Å². The maximum atomic E-state index is 5.67. The number of ether oxygens (including phenoxy) is 4. The summed E-state index contributed by atoms with van der Waals surface area (Å²) in [5, 5.41) is 0. The van der Waals surface area contributed by atoms with Crippen LogP contribution < -0.4 is 4.74 Å². The van der Waals surface area contributed by atoms with Gasteiger partial charge in [0.05, 0.1) is 13.2 Å². The molecule has 154 valence electrons. The molecule has 4 nitrogen and oxygen atoms in total. The van der Waals surface area contributed by atoms with Crippen molar-refractivity contribution in [1.29, 1.82) is 0 Å². The zero-order chi connectivity index (χ0) is 20.2. The number of halogens is 1. The van der Waals surface area contributed by atoms with Crippen molar-refractivity contribution in [1.82, 2.24) is 0 Å². The second kappa shape index (κ2) is 12.5. The van der Waals surface area contributed by atoms with Crippen LogP contribution in [-0.4, -0.2) is 25.8 Å². The summed E-state index contributed by atoms with van der Waals surface area (Å²) in [6.45, 7) is 1.61. The van der Waals surface area contributed by atoms with Gasteiger partial charge in [-0.1, -0.05) is 34.1 Å². The van der Waals surface area contributed by atoms with Crippen LogP contribution >= 0.6 is 15.9 Å². The van der Waals surface area contributed by atoms with Crippen LogP contribution in [0.1, 0.15) is 44.1 Å². The predicted octanol–water partition coefficient (Wildman–Crippen LogP) is 5.89. The van der Waals surface area contributed by atoms with E-state index in [9.17, 15) is 0 Å². The quantitative estimate of drug-likeness (QED) is 0.536. The predicted molar refractivity (Wildman–Crippen MR) is 116 cm³/mol. The summed E-state index contributed by atoms with van der Waals surface area (Å²) >= 11 is 3.38. The number of hydrogen-bond acceptors (Lipinski definition) is 4. The molecule has 2 aromatic rings. The highest BCUT2D eigenvalue weighted by Gasteiger charge is 2.15. The Balaban J connectivity index is 0.000000166. The zero-order valence-corrected chi connectivity index (χ0v) is 18.1. The molecule has 0 N–H and O–H groups in total. The van der Waals surface area contributed by atoms with Crippen LogP contribution in [0.4, 0.5) is 0 Å². The molecule has 29 heavy (non-hydrogen) atoms. The van der Waals surface area contributed by atoms with Gasteiger partial charge in [0, 0.05) is 22.9 Å². The summed E-state index contributed by atoms with van der Waals surface area (Å²) in [6.07, 6.45) is 9.10. The number of rotatable bonds is 3. The van der Waals surface area contributed by atoms with Crippen molar-refractivity contribution in [3.63, 3.8) is 0 Å². The molecule has 0 radical (unpaired) electrons. The van der Waals surface area contributed by atoms with E-state index >= 15 is 0 Å². The van der Waals surface area contributed by atoms with E-state index in [2.05, 4.69) is 28.0 Å². The Labute approximate surface area is 181 Å². The molecule has 0 aliphatic carbocycles. The van der Waals surface area contributed by atoms with Gasteiger partial charge in [-0.25, -0.2) is 0 Å². The Hall–Kier alpha value is -2.00. The third kappa shape index (κ3) is 8.49. The molecule has 5 heteroatoms. The average molecular weight is 459 g/mol. The molecule has 0 spiro atoms. The third-order valence-electron chi connectivity index (χ3n) is 4.52. The lowest BCUT2D eigenvalue weighted by Gasteiger charge is -2.23. The fourth-order valence-electron chi connectivity index (χ4n) is 2.95. The van der Waals surface area contributed by atoms with Crippen LogP contribution in [0.5, 0.6) is 5.75 Å². The zero-order valence-electron chi connectivity index (χ0n) is 16.5. The maximum absolute atomic E-state index is 5.67. The fourth-order valence-corrected chi connectivity index (χ4v) is 3.21. The molecule has 2 unspecified atom stereocenters. The van der Waals surface area contributed by atoms with Crippen molar-refractivity contribution in [2.45, 2.75) is 51.1 Å². The maximum Gasteiger partial charge on any atom is 0.210 e. The number of hydrogen-bond donors (Lipinski definition) is 0. The van der Waals surface area contributed by atoms with E-state index < -0.39 is 0 Å². The molecule has 0 saturated carbocycles. The van der Waals surface area contributed by atoms with Crippen molar-refractivity contribution in [3.05, 3.63) is 64.6 Å². The summed E-state index contributed by atoms with van der Waals surface area (Å²) in [5.41, 5.74) is 0.966. The second-order valence-corrected chi connectivity index (χ2v) is 7.79. The second-order valence-electron chi connectivity index (χ2n) is 6.87. The first-order valence-corrected chi connectivity index (χ1v) is 11.0. The molecule has 4 rings (SSSR count). The molecule has 2 aromatic carbocycles. The van der Waals surface area contributed by atoms with Crippen molar-refractivity contribution in [2.24, 2.45) is 0 Å². The Morgan fingerprint density at radius 3 is 2.07 bits per heavy atom. The van der Waals surface area contributed by atoms with Crippen LogP contribution in [-0.2, 0) is 14.2 Å². The van der Waals surface area contributed by atoms with Crippen LogP contribution in [0.25, 0.3) is 0 Å². The Morgan fingerprint density at radius 1 is 0.793 bits per heavy atom. The van der Waals surface area contributed by atoms with Gasteiger partial charge in [-0.05, 0) is 68.0 Å². The van der Waals surface area contributed by atoms with Gasteiger partial charge in [-0.2, -0.15) is 0 Å². The lowest BCUT2D eigenvalue weighted by atomic mass is 10.2. The third-order valence-corrected chi connectivity index (χ3v) is 5.05. The van der Waals surface area contributed by atoms with Gasteiger partial charge >= 0.3 is 0 Å². The van der Waals surface area contributed by atoms with E-state index in [1.807, 2.05) is 54.6 Å². The van der Waals surface area contributed by atoms with Crippen molar-refractivity contribution in [2.75, 3.05) is 13.2 Å². The van der Waals surface area contributed by atoms with Crippen molar-refractivity contribution < 1.29 is 18.9 Å². The molecule has 0 aromatic heterocycles. The van der Waals surface area contributed by atoms with Gasteiger partial charge < -0.3 is 18.9 Å². The van der Waals surface area contributed by atoms with E-state index in [4.69, 9.17) is 18.9 Å². The molecule has 0 amide bonds. The normalized spacial score (nSPS) is 21.0. The van der Waals surface area contributed by atoms with E-state index in [1.165, 1.54) is 6.42 Å². The molecule has 2 saturated heterocycles. The molecule has 2 aliphatic heterocycles. The topological polar surface area (TPSA) is 36.9 Å². The monoisotopic (exact) mass is 458 g/mol. The molecule has 0 bridgehead atoms. The Bertz CT molecular complexity index is 755. The molecular weight excluding hydrogens is 432 g/mol. The minimum Gasteiger partial charge on any atom is -0.465 e. The van der Waals surface area contributed by atoms with Crippen molar-refractivity contribution >= 4 is 15.9 Å². The Morgan fingerprint density at radius 2 is 1.45 bits per heavy atom. The van der Waals surface area contributed by atoms with Crippen LogP contribution in [0.2, 0.25) is 0 Å². The summed E-state index contributed by atoms with van der Waals surface area (Å²) in [5.74, 6) is 3.81. The van der Waals surface area contributed by atoms with Crippen molar-refractivity contribution in [3.8, 4) is 17.8 Å². The molecular formula is C24H27BrO4. The van der Waals surface area contributed by atoms with E-state index in [-0.39, 0.29) is 12.6 Å². The van der Waals surface area contributed by atoms with Gasteiger partial charge in [0.2, 0.25) is 6.29 Å². The lowest BCUT2D eigenvalue weighted by molar-refractivity contribution is -0.121. The summed E-state index contributed by atoms with van der Waals surface area (Å²) < 4.78 is 22.9. The fraction of sp³-hybridized carbons (Fsp3) is 0.417. The first-order chi connectivity index (χ1) is 14.3. The van der Waals surface area contributed by atoms with E-state index in [0.717, 1.165) is 61.1 Å². The number of benzene rings is 2. The highest BCUT2D eigenvalue weighted by molar-refractivity contribution is 9.10. The standard InChI is InChI=1S/C13H14O2.C11H13BrO2/c1-2-6-12(7-3-1)9-11-15-13-8-4-5-10-14-13;12-9-4-6-10(7-5-9)14-11-3-1-2-8-13-11/h1-3,6-7,13H,4-5,8,10H2;4-7,11H,1-3,8H2.